The van der Waals surface area contributed by atoms with Gasteiger partial charge in [0, 0.05) is 11.1 Å². The minimum atomic E-state index is 0.283. The van der Waals surface area contributed by atoms with Crippen molar-refractivity contribution in [3.05, 3.63) is 39.1 Å². The number of aryl methyl sites for hydroxylation is 2. The highest BCUT2D eigenvalue weighted by Crippen LogP contribution is 2.30. The molecular weight excluding hydrogens is 283 g/mol. The summed E-state index contributed by atoms with van der Waals surface area (Å²) in [7, 11) is 0. The maximum absolute atomic E-state index is 9.78. The lowest BCUT2D eigenvalue weighted by atomic mass is 10.1. The van der Waals surface area contributed by atoms with Crippen molar-refractivity contribution in [2.75, 3.05) is 0 Å². The van der Waals surface area contributed by atoms with E-state index in [1.807, 2.05) is 32.9 Å². The van der Waals surface area contributed by atoms with Crippen LogP contribution in [0.3, 0.4) is 0 Å². The second kappa shape index (κ2) is 5.35. The Labute approximate surface area is 122 Å². The molecule has 0 saturated heterocycles. The first-order valence-electron chi connectivity index (χ1n) is 5.96. The van der Waals surface area contributed by atoms with E-state index < -0.39 is 0 Å². The van der Waals surface area contributed by atoms with Gasteiger partial charge in [0.15, 0.2) is 5.82 Å². The molecule has 5 heteroatoms. The molecule has 2 aromatic rings. The first-order chi connectivity index (χ1) is 8.93. The number of hydrogen-bond donors (Lipinski definition) is 1. The summed E-state index contributed by atoms with van der Waals surface area (Å²) in [6.45, 7) is 5.61. The SMILES string of the molecule is CCc1c(Cl)nc(-c2cc(C)c(O)c(C)c2)nc1Cl. The van der Waals surface area contributed by atoms with E-state index in [1.54, 1.807) is 0 Å². The standard InChI is InChI=1S/C14H14Cl2N2O/c1-4-10-12(15)17-14(18-13(10)16)9-5-7(2)11(19)8(3)6-9/h5-6,19H,4H2,1-3H3. The fourth-order valence-corrected chi connectivity index (χ4v) is 2.59. The molecule has 0 unspecified atom stereocenters. The van der Waals surface area contributed by atoms with Crippen molar-refractivity contribution in [1.29, 1.82) is 0 Å². The molecular formula is C14H14Cl2N2O. The number of phenolic OH excluding ortho intramolecular Hbond substituents is 1. The predicted molar refractivity (Wildman–Crippen MR) is 78.0 cm³/mol. The average Bonchev–Trinajstić information content (AvgIpc) is 2.35. The maximum atomic E-state index is 9.78. The van der Waals surface area contributed by atoms with Crippen LogP contribution in [0.5, 0.6) is 5.75 Å². The molecule has 0 spiro atoms. The number of hydrogen-bond acceptors (Lipinski definition) is 3. The van der Waals surface area contributed by atoms with E-state index in [4.69, 9.17) is 23.2 Å². The van der Waals surface area contributed by atoms with Gasteiger partial charge in [-0.2, -0.15) is 0 Å². The lowest BCUT2D eigenvalue weighted by Gasteiger charge is -2.09. The Morgan fingerprint density at radius 1 is 1.05 bits per heavy atom. The summed E-state index contributed by atoms with van der Waals surface area (Å²) < 4.78 is 0. The minimum Gasteiger partial charge on any atom is -0.507 e. The second-order valence-corrected chi connectivity index (χ2v) is 5.14. The lowest BCUT2D eigenvalue weighted by molar-refractivity contribution is 0.467. The Hall–Kier alpha value is -1.32. The highest BCUT2D eigenvalue weighted by Gasteiger charge is 2.13. The first-order valence-corrected chi connectivity index (χ1v) is 6.72. The quantitative estimate of drug-likeness (QED) is 0.839. The summed E-state index contributed by atoms with van der Waals surface area (Å²) in [6.07, 6.45) is 0.686. The minimum absolute atomic E-state index is 0.283. The topological polar surface area (TPSA) is 46.0 Å². The van der Waals surface area contributed by atoms with E-state index in [2.05, 4.69) is 9.97 Å². The zero-order chi connectivity index (χ0) is 14.2. The van der Waals surface area contributed by atoms with Gasteiger partial charge in [-0.3, -0.25) is 0 Å². The van der Waals surface area contributed by atoms with Crippen LogP contribution in [0.4, 0.5) is 0 Å². The molecule has 0 radical (unpaired) electrons. The van der Waals surface area contributed by atoms with Crippen molar-refractivity contribution >= 4 is 23.2 Å². The third-order valence-electron chi connectivity index (χ3n) is 3.01. The molecule has 2 rings (SSSR count). The Balaban J connectivity index is 2.60. The normalized spacial score (nSPS) is 10.8. The summed E-state index contributed by atoms with van der Waals surface area (Å²) >= 11 is 12.2. The molecule has 0 amide bonds. The van der Waals surface area contributed by atoms with Crippen LogP contribution in [-0.4, -0.2) is 15.1 Å². The molecule has 0 saturated carbocycles. The molecule has 100 valence electrons. The fraction of sp³-hybridized carbons (Fsp3) is 0.286. The Morgan fingerprint density at radius 2 is 1.53 bits per heavy atom. The number of phenols is 1. The maximum Gasteiger partial charge on any atom is 0.162 e. The first kappa shape index (κ1) is 14.1. The molecule has 1 aromatic carbocycles. The van der Waals surface area contributed by atoms with E-state index >= 15 is 0 Å². The van der Waals surface area contributed by atoms with Gasteiger partial charge in [-0.15, -0.1) is 0 Å². The van der Waals surface area contributed by atoms with E-state index in [0.717, 1.165) is 22.3 Å². The summed E-state index contributed by atoms with van der Waals surface area (Å²) in [5.74, 6) is 0.754. The number of benzene rings is 1. The number of nitrogens with zero attached hydrogens (tertiary/aromatic N) is 2. The molecule has 19 heavy (non-hydrogen) atoms. The lowest BCUT2D eigenvalue weighted by Crippen LogP contribution is -1.97. The van der Waals surface area contributed by atoms with Gasteiger partial charge in [-0.25, -0.2) is 9.97 Å². The average molecular weight is 297 g/mol. The number of aromatic nitrogens is 2. The van der Waals surface area contributed by atoms with Crippen LogP contribution in [0.15, 0.2) is 12.1 Å². The summed E-state index contributed by atoms with van der Waals surface area (Å²) in [4.78, 5) is 8.55. The molecule has 1 heterocycles. The van der Waals surface area contributed by atoms with Crippen LogP contribution in [0.2, 0.25) is 10.3 Å². The van der Waals surface area contributed by atoms with Crippen molar-refractivity contribution in [2.45, 2.75) is 27.2 Å². The fourth-order valence-electron chi connectivity index (χ4n) is 1.94. The second-order valence-electron chi connectivity index (χ2n) is 4.42. The van der Waals surface area contributed by atoms with Crippen LogP contribution in [0, 0.1) is 13.8 Å². The molecule has 3 nitrogen and oxygen atoms in total. The molecule has 0 bridgehead atoms. The highest BCUT2D eigenvalue weighted by atomic mass is 35.5. The van der Waals surface area contributed by atoms with Crippen molar-refractivity contribution < 1.29 is 5.11 Å². The zero-order valence-corrected chi connectivity index (χ0v) is 12.5. The van der Waals surface area contributed by atoms with E-state index in [0.29, 0.717) is 22.6 Å². The van der Waals surface area contributed by atoms with Crippen molar-refractivity contribution in [1.82, 2.24) is 9.97 Å². The molecule has 1 aromatic heterocycles. The third-order valence-corrected chi connectivity index (χ3v) is 3.63. The predicted octanol–water partition coefficient (Wildman–Crippen LogP) is 4.34. The van der Waals surface area contributed by atoms with Crippen LogP contribution >= 0.6 is 23.2 Å². The van der Waals surface area contributed by atoms with Crippen molar-refractivity contribution in [2.24, 2.45) is 0 Å². The number of halogens is 2. The van der Waals surface area contributed by atoms with Gasteiger partial charge in [-0.05, 0) is 43.5 Å². The molecule has 0 fully saturated rings. The van der Waals surface area contributed by atoms with E-state index in [9.17, 15) is 5.11 Å². The van der Waals surface area contributed by atoms with Gasteiger partial charge >= 0.3 is 0 Å². The van der Waals surface area contributed by atoms with Gasteiger partial charge in [0.05, 0.1) is 0 Å². The molecule has 0 atom stereocenters. The van der Waals surface area contributed by atoms with Crippen LogP contribution in [-0.2, 0) is 6.42 Å². The van der Waals surface area contributed by atoms with Gasteiger partial charge in [-0.1, -0.05) is 30.1 Å². The van der Waals surface area contributed by atoms with Gasteiger partial charge in [0.25, 0.3) is 0 Å². The number of aromatic hydroxyl groups is 1. The van der Waals surface area contributed by atoms with Crippen LogP contribution in [0.25, 0.3) is 11.4 Å². The highest BCUT2D eigenvalue weighted by molar-refractivity contribution is 6.34. The largest absolute Gasteiger partial charge is 0.507 e. The van der Waals surface area contributed by atoms with Gasteiger partial charge < -0.3 is 5.11 Å². The summed E-state index contributed by atoms with van der Waals surface area (Å²) in [5.41, 5.74) is 3.08. The molecule has 0 aliphatic heterocycles. The molecule has 0 aliphatic carbocycles. The van der Waals surface area contributed by atoms with Crippen molar-refractivity contribution in [3.63, 3.8) is 0 Å². The Morgan fingerprint density at radius 3 is 1.95 bits per heavy atom. The summed E-state index contributed by atoms with van der Waals surface area (Å²) in [6, 6.07) is 3.63. The monoisotopic (exact) mass is 296 g/mol. The van der Waals surface area contributed by atoms with Gasteiger partial charge in [0.2, 0.25) is 0 Å². The van der Waals surface area contributed by atoms with E-state index in [-0.39, 0.29) is 5.75 Å². The van der Waals surface area contributed by atoms with Crippen LogP contribution < -0.4 is 0 Å². The smallest absolute Gasteiger partial charge is 0.162 e. The molecule has 0 aliphatic rings. The van der Waals surface area contributed by atoms with E-state index in [1.165, 1.54) is 0 Å². The Bertz CT molecular complexity index is 595. The van der Waals surface area contributed by atoms with Crippen LogP contribution in [0.1, 0.15) is 23.6 Å². The van der Waals surface area contributed by atoms with Crippen molar-refractivity contribution in [3.8, 4) is 17.1 Å². The summed E-state index contributed by atoms with van der Waals surface area (Å²) in [5, 5.41) is 10.5. The third kappa shape index (κ3) is 2.67. The zero-order valence-electron chi connectivity index (χ0n) is 11.0. The molecule has 1 N–H and O–H groups in total. The van der Waals surface area contributed by atoms with Gasteiger partial charge in [0.1, 0.15) is 16.1 Å². The Kier molecular flexibility index (Phi) is 3.97. The number of rotatable bonds is 2.